The summed E-state index contributed by atoms with van der Waals surface area (Å²) in [5, 5.41) is 2.84. The number of nitrogens with two attached hydrogens (primary N) is 1. The number of hydrogen-bond acceptors (Lipinski definition) is 4. The lowest BCUT2D eigenvalue weighted by molar-refractivity contribution is -0.122. The average molecular weight is 349 g/mol. The van der Waals surface area contributed by atoms with Crippen molar-refractivity contribution in [3.63, 3.8) is 0 Å². The van der Waals surface area contributed by atoms with Gasteiger partial charge in [-0.2, -0.15) is 0 Å². The van der Waals surface area contributed by atoms with E-state index in [4.69, 9.17) is 15.2 Å². The maximum atomic E-state index is 12.4. The molecule has 24 heavy (non-hydrogen) atoms. The van der Waals surface area contributed by atoms with Crippen molar-refractivity contribution in [1.29, 1.82) is 0 Å². The molecule has 1 unspecified atom stereocenters. The van der Waals surface area contributed by atoms with Gasteiger partial charge in [0.2, 0.25) is 0 Å². The Morgan fingerprint density at radius 2 is 1.96 bits per heavy atom. The van der Waals surface area contributed by atoms with Crippen LogP contribution >= 0.6 is 12.4 Å². The van der Waals surface area contributed by atoms with E-state index in [1.54, 1.807) is 25.3 Å². The Morgan fingerprint density at radius 1 is 1.25 bits per heavy atom. The van der Waals surface area contributed by atoms with E-state index in [0.717, 1.165) is 16.9 Å². The molecule has 0 aromatic heterocycles. The van der Waals surface area contributed by atoms with Crippen LogP contribution in [0.1, 0.15) is 16.7 Å². The summed E-state index contributed by atoms with van der Waals surface area (Å²) < 4.78 is 10.9. The number of nitrogens with one attached hydrogen (secondary N) is 1. The lowest BCUT2D eigenvalue weighted by Gasteiger charge is -2.13. The Labute approximate surface area is 147 Å². The quantitative estimate of drug-likeness (QED) is 0.835. The fourth-order valence-corrected chi connectivity index (χ4v) is 2.69. The molecular weight excluding hydrogens is 328 g/mol. The third-order valence-electron chi connectivity index (χ3n) is 4.14. The number of methoxy groups -OCH3 is 1. The zero-order valence-electron chi connectivity index (χ0n) is 13.9. The minimum atomic E-state index is -0.519. The average Bonchev–Trinajstić information content (AvgIpc) is 2.91. The van der Waals surface area contributed by atoms with Crippen molar-refractivity contribution in [1.82, 2.24) is 0 Å². The van der Waals surface area contributed by atoms with Crippen molar-refractivity contribution in [2.24, 2.45) is 0 Å². The molecule has 128 valence electrons. The summed E-state index contributed by atoms with van der Waals surface area (Å²) >= 11 is 0. The topological polar surface area (TPSA) is 73.6 Å². The minimum absolute atomic E-state index is 0. The van der Waals surface area contributed by atoms with Gasteiger partial charge in [-0.1, -0.05) is 6.07 Å². The second kappa shape index (κ2) is 7.01. The highest BCUT2D eigenvalue weighted by molar-refractivity contribution is 5.95. The Kier molecular flexibility index (Phi) is 5.24. The molecule has 0 saturated carbocycles. The van der Waals surface area contributed by atoms with E-state index in [9.17, 15) is 4.79 Å². The number of rotatable bonds is 3. The Hall–Kier alpha value is -2.40. The number of aryl methyl sites for hydroxylation is 2. The maximum absolute atomic E-state index is 12.4. The van der Waals surface area contributed by atoms with Crippen LogP contribution < -0.4 is 20.5 Å². The standard InChI is InChI=1S/C18H20N2O3.ClH/c1-10-6-12-8-17(23-16(12)7-11(10)2)18(21)20-13-4-5-15(22-3)14(19)9-13;/h4-7,9,17H,8,19H2,1-3H3,(H,20,21);1H. The van der Waals surface area contributed by atoms with Crippen LogP contribution in [-0.2, 0) is 11.2 Å². The van der Waals surface area contributed by atoms with Crippen molar-refractivity contribution in [3.8, 4) is 11.5 Å². The summed E-state index contributed by atoms with van der Waals surface area (Å²) in [5.41, 5.74) is 10.4. The predicted molar refractivity (Wildman–Crippen MR) is 97.3 cm³/mol. The molecule has 3 rings (SSSR count). The number of fused-ring (bicyclic) bond motifs is 1. The summed E-state index contributed by atoms with van der Waals surface area (Å²) in [4.78, 5) is 12.4. The number of halogens is 1. The van der Waals surface area contributed by atoms with Crippen molar-refractivity contribution >= 4 is 29.7 Å². The highest BCUT2D eigenvalue weighted by atomic mass is 35.5. The van der Waals surface area contributed by atoms with Crippen molar-refractivity contribution < 1.29 is 14.3 Å². The van der Waals surface area contributed by atoms with Crippen LogP contribution in [0.2, 0.25) is 0 Å². The van der Waals surface area contributed by atoms with Gasteiger partial charge in [0.25, 0.3) is 5.91 Å². The summed E-state index contributed by atoms with van der Waals surface area (Å²) in [5.74, 6) is 1.20. The van der Waals surface area contributed by atoms with Gasteiger partial charge < -0.3 is 20.5 Å². The first-order valence-electron chi connectivity index (χ1n) is 7.49. The Balaban J connectivity index is 0.00000208. The second-order valence-corrected chi connectivity index (χ2v) is 5.80. The van der Waals surface area contributed by atoms with Gasteiger partial charge in [0.1, 0.15) is 11.5 Å². The van der Waals surface area contributed by atoms with Crippen LogP contribution in [0.15, 0.2) is 30.3 Å². The molecule has 1 atom stereocenters. The third kappa shape index (κ3) is 3.41. The number of carbonyl (C=O) groups is 1. The molecule has 1 heterocycles. The number of benzene rings is 2. The summed E-state index contributed by atoms with van der Waals surface area (Å²) in [6.07, 6.45) is 0.0583. The van der Waals surface area contributed by atoms with Crippen LogP contribution in [0.3, 0.4) is 0 Å². The van der Waals surface area contributed by atoms with Gasteiger partial charge in [0, 0.05) is 12.1 Å². The van der Waals surface area contributed by atoms with Gasteiger partial charge in [-0.25, -0.2) is 0 Å². The fourth-order valence-electron chi connectivity index (χ4n) is 2.69. The molecule has 0 fully saturated rings. The van der Waals surface area contributed by atoms with Crippen LogP contribution in [0.5, 0.6) is 11.5 Å². The number of amides is 1. The molecule has 2 aromatic rings. The van der Waals surface area contributed by atoms with E-state index < -0.39 is 6.10 Å². The molecule has 1 aliphatic rings. The molecule has 5 nitrogen and oxygen atoms in total. The zero-order chi connectivity index (χ0) is 16.6. The molecule has 0 spiro atoms. The summed E-state index contributed by atoms with van der Waals surface area (Å²) in [7, 11) is 1.55. The van der Waals surface area contributed by atoms with Crippen molar-refractivity contribution in [3.05, 3.63) is 47.0 Å². The minimum Gasteiger partial charge on any atom is -0.495 e. The van der Waals surface area contributed by atoms with Crippen LogP contribution in [0, 0.1) is 13.8 Å². The van der Waals surface area contributed by atoms with Gasteiger partial charge in [-0.3, -0.25) is 4.79 Å². The number of nitrogen functional groups attached to an aromatic ring is 1. The predicted octanol–water partition coefficient (Wildman–Crippen LogP) is 3.26. The van der Waals surface area contributed by atoms with Gasteiger partial charge in [0.15, 0.2) is 6.10 Å². The smallest absolute Gasteiger partial charge is 0.265 e. The second-order valence-electron chi connectivity index (χ2n) is 5.80. The van der Waals surface area contributed by atoms with Crippen LogP contribution in [0.25, 0.3) is 0 Å². The molecule has 1 amide bonds. The summed E-state index contributed by atoms with van der Waals surface area (Å²) in [6, 6.07) is 9.23. The molecule has 2 aromatic carbocycles. The Morgan fingerprint density at radius 3 is 2.62 bits per heavy atom. The SMILES string of the molecule is COc1ccc(NC(=O)C2Cc3cc(C)c(C)cc3O2)cc1N.Cl. The first-order chi connectivity index (χ1) is 11.0. The lowest BCUT2D eigenvalue weighted by atomic mass is 10.0. The summed E-state index contributed by atoms with van der Waals surface area (Å²) in [6.45, 7) is 4.09. The molecular formula is C18H21ClN2O3. The number of ether oxygens (including phenoxy) is 2. The number of anilines is 2. The van der Waals surface area contributed by atoms with Gasteiger partial charge in [0.05, 0.1) is 12.8 Å². The van der Waals surface area contributed by atoms with E-state index in [2.05, 4.69) is 18.3 Å². The van der Waals surface area contributed by atoms with Gasteiger partial charge >= 0.3 is 0 Å². The fraction of sp³-hybridized carbons (Fsp3) is 0.278. The molecule has 0 bridgehead atoms. The highest BCUT2D eigenvalue weighted by Gasteiger charge is 2.29. The third-order valence-corrected chi connectivity index (χ3v) is 4.14. The first-order valence-corrected chi connectivity index (χ1v) is 7.49. The van der Waals surface area contributed by atoms with Crippen molar-refractivity contribution in [2.45, 2.75) is 26.4 Å². The van der Waals surface area contributed by atoms with E-state index in [1.807, 2.05) is 13.0 Å². The monoisotopic (exact) mass is 348 g/mol. The normalized spacial score (nSPS) is 15.0. The highest BCUT2D eigenvalue weighted by Crippen LogP contribution is 2.32. The molecule has 3 N–H and O–H groups in total. The first kappa shape index (κ1) is 17.9. The number of hydrogen-bond donors (Lipinski definition) is 2. The van der Waals surface area contributed by atoms with E-state index >= 15 is 0 Å². The van der Waals surface area contributed by atoms with Gasteiger partial charge in [-0.05, 0) is 54.8 Å². The van der Waals surface area contributed by atoms with Crippen LogP contribution in [-0.4, -0.2) is 19.1 Å². The van der Waals surface area contributed by atoms with Gasteiger partial charge in [-0.15, -0.1) is 12.4 Å². The molecule has 6 heteroatoms. The largest absolute Gasteiger partial charge is 0.495 e. The lowest BCUT2D eigenvalue weighted by Crippen LogP contribution is -2.31. The molecule has 0 saturated heterocycles. The van der Waals surface area contributed by atoms with Crippen molar-refractivity contribution in [2.75, 3.05) is 18.2 Å². The Bertz CT molecular complexity index is 746. The van der Waals surface area contributed by atoms with E-state index in [0.29, 0.717) is 23.5 Å². The van der Waals surface area contributed by atoms with Crippen LogP contribution in [0.4, 0.5) is 11.4 Å². The van der Waals surface area contributed by atoms with E-state index in [1.165, 1.54) is 5.56 Å². The maximum Gasteiger partial charge on any atom is 0.265 e. The van der Waals surface area contributed by atoms with E-state index in [-0.39, 0.29) is 18.3 Å². The number of carbonyl (C=O) groups excluding carboxylic acids is 1. The molecule has 0 aliphatic carbocycles. The zero-order valence-corrected chi connectivity index (χ0v) is 14.7. The molecule has 0 radical (unpaired) electrons. The molecule has 1 aliphatic heterocycles.